The quantitative estimate of drug-likeness (QED) is 0.406. The maximum absolute atomic E-state index is 13.5. The summed E-state index contributed by atoms with van der Waals surface area (Å²) in [6.07, 6.45) is -0.0478. The number of anilines is 1. The number of hydrogen-bond donors (Lipinski definition) is 2. The average molecular weight is 480 g/mol. The standard InChI is InChI=1S/C20H16ClF2N5O3S/c1-8-11(21)7-25-28(8)9(2)19(30)27-15-14-10(13-4-3-5-31-13)6-12(17(22)23)26-20(14)32-16(15)18(24)29/h3-7,9,17H,1-2H3,(H2,24,29)(H,27,30). The van der Waals surface area contributed by atoms with E-state index < -0.39 is 30.0 Å². The molecule has 32 heavy (non-hydrogen) atoms. The smallest absolute Gasteiger partial charge is 0.280 e. The maximum atomic E-state index is 13.5. The van der Waals surface area contributed by atoms with Crippen molar-refractivity contribution >= 4 is 50.7 Å². The van der Waals surface area contributed by atoms with Gasteiger partial charge in [0.05, 0.1) is 28.9 Å². The minimum Gasteiger partial charge on any atom is -0.464 e. The average Bonchev–Trinajstić information content (AvgIpc) is 3.47. The first-order valence-electron chi connectivity index (χ1n) is 9.28. The van der Waals surface area contributed by atoms with Crippen LogP contribution in [0.4, 0.5) is 14.5 Å². The number of hydrogen-bond acceptors (Lipinski definition) is 6. The number of amides is 2. The normalized spacial score (nSPS) is 12.4. The Bertz CT molecular complexity index is 1330. The van der Waals surface area contributed by atoms with Crippen molar-refractivity contribution in [2.75, 3.05) is 5.32 Å². The van der Waals surface area contributed by atoms with Gasteiger partial charge in [0.15, 0.2) is 0 Å². The van der Waals surface area contributed by atoms with Crippen LogP contribution < -0.4 is 11.1 Å². The topological polar surface area (TPSA) is 116 Å². The van der Waals surface area contributed by atoms with E-state index >= 15 is 0 Å². The molecule has 12 heteroatoms. The summed E-state index contributed by atoms with van der Waals surface area (Å²) in [6, 6.07) is 3.54. The van der Waals surface area contributed by atoms with Gasteiger partial charge in [0, 0.05) is 10.9 Å². The number of rotatable bonds is 6. The van der Waals surface area contributed by atoms with Crippen LogP contribution in [-0.4, -0.2) is 26.6 Å². The van der Waals surface area contributed by atoms with Gasteiger partial charge in [-0.25, -0.2) is 13.8 Å². The number of alkyl halides is 2. The van der Waals surface area contributed by atoms with Gasteiger partial charge in [-0.3, -0.25) is 14.3 Å². The van der Waals surface area contributed by atoms with Crippen LogP contribution in [0, 0.1) is 6.92 Å². The Morgan fingerprint density at radius 1 is 1.38 bits per heavy atom. The summed E-state index contributed by atoms with van der Waals surface area (Å²) in [5.41, 5.74) is 5.94. The van der Waals surface area contributed by atoms with E-state index in [1.165, 1.54) is 23.2 Å². The molecule has 8 nitrogen and oxygen atoms in total. The van der Waals surface area contributed by atoms with E-state index in [1.54, 1.807) is 26.0 Å². The first kappa shape index (κ1) is 21.9. The van der Waals surface area contributed by atoms with Crippen molar-refractivity contribution in [1.29, 1.82) is 0 Å². The van der Waals surface area contributed by atoms with Gasteiger partial charge in [-0.05, 0) is 32.0 Å². The molecule has 0 fully saturated rings. The molecule has 166 valence electrons. The molecule has 4 aromatic heterocycles. The molecule has 4 rings (SSSR count). The fraction of sp³-hybridized carbons (Fsp3) is 0.200. The van der Waals surface area contributed by atoms with E-state index in [0.29, 0.717) is 10.7 Å². The highest BCUT2D eigenvalue weighted by Gasteiger charge is 2.27. The van der Waals surface area contributed by atoms with Crippen LogP contribution in [0.1, 0.15) is 40.5 Å². The summed E-state index contributed by atoms with van der Waals surface area (Å²) in [6.45, 7) is 3.31. The zero-order valence-corrected chi connectivity index (χ0v) is 18.3. The monoisotopic (exact) mass is 479 g/mol. The minimum absolute atomic E-state index is 0.0255. The molecule has 0 radical (unpaired) electrons. The molecule has 1 unspecified atom stereocenters. The zero-order valence-electron chi connectivity index (χ0n) is 16.7. The number of primary amides is 1. The van der Waals surface area contributed by atoms with E-state index in [-0.39, 0.29) is 32.1 Å². The summed E-state index contributed by atoms with van der Waals surface area (Å²) in [7, 11) is 0. The summed E-state index contributed by atoms with van der Waals surface area (Å²) < 4.78 is 33.7. The highest BCUT2D eigenvalue weighted by atomic mass is 35.5. The highest BCUT2D eigenvalue weighted by Crippen LogP contribution is 2.42. The van der Waals surface area contributed by atoms with Gasteiger partial charge in [0.2, 0.25) is 5.91 Å². The number of halogens is 3. The number of pyridine rings is 1. The lowest BCUT2D eigenvalue weighted by Crippen LogP contribution is -2.26. The molecule has 0 bridgehead atoms. The van der Waals surface area contributed by atoms with Gasteiger partial charge in [-0.15, -0.1) is 11.3 Å². The lowest BCUT2D eigenvalue weighted by Gasteiger charge is -2.15. The molecule has 0 spiro atoms. The molecule has 0 saturated carbocycles. The molecular weight excluding hydrogens is 464 g/mol. The van der Waals surface area contributed by atoms with Crippen LogP contribution >= 0.6 is 22.9 Å². The fourth-order valence-corrected chi connectivity index (χ4v) is 4.42. The van der Waals surface area contributed by atoms with Crippen molar-refractivity contribution in [3.05, 3.63) is 51.9 Å². The van der Waals surface area contributed by atoms with E-state index in [4.69, 9.17) is 21.8 Å². The van der Waals surface area contributed by atoms with Crippen molar-refractivity contribution in [2.45, 2.75) is 26.3 Å². The fourth-order valence-electron chi connectivity index (χ4n) is 3.28. The lowest BCUT2D eigenvalue weighted by molar-refractivity contribution is -0.119. The second kappa shape index (κ2) is 8.32. The second-order valence-electron chi connectivity index (χ2n) is 6.91. The summed E-state index contributed by atoms with van der Waals surface area (Å²) in [4.78, 5) is 29.2. The minimum atomic E-state index is -2.85. The van der Waals surface area contributed by atoms with Crippen molar-refractivity contribution in [1.82, 2.24) is 14.8 Å². The first-order chi connectivity index (χ1) is 15.2. The zero-order chi connectivity index (χ0) is 23.2. The van der Waals surface area contributed by atoms with Crippen molar-refractivity contribution in [3.8, 4) is 11.3 Å². The Hall–Kier alpha value is -3.31. The number of nitrogens with one attached hydrogen (secondary N) is 1. The Balaban J connectivity index is 1.88. The number of thiophene rings is 1. The van der Waals surface area contributed by atoms with Gasteiger partial charge in [0.25, 0.3) is 12.3 Å². The number of carbonyl (C=O) groups is 2. The van der Waals surface area contributed by atoms with E-state index in [2.05, 4.69) is 15.4 Å². The second-order valence-corrected chi connectivity index (χ2v) is 8.32. The van der Waals surface area contributed by atoms with Gasteiger partial charge < -0.3 is 15.5 Å². The first-order valence-corrected chi connectivity index (χ1v) is 10.5. The molecular formula is C20H16ClF2N5O3S. The van der Waals surface area contributed by atoms with Crippen molar-refractivity contribution in [3.63, 3.8) is 0 Å². The Morgan fingerprint density at radius 3 is 2.69 bits per heavy atom. The molecule has 1 atom stereocenters. The highest BCUT2D eigenvalue weighted by molar-refractivity contribution is 7.21. The maximum Gasteiger partial charge on any atom is 0.280 e. The SMILES string of the molecule is Cc1c(Cl)cnn1C(C)C(=O)Nc1c(C(N)=O)sc2nc(C(F)F)cc(-c3ccco3)c12. The van der Waals surface area contributed by atoms with Crippen LogP contribution in [0.2, 0.25) is 5.02 Å². The van der Waals surface area contributed by atoms with Crippen LogP contribution in [0.5, 0.6) is 0 Å². The van der Waals surface area contributed by atoms with Crippen molar-refractivity contribution in [2.24, 2.45) is 5.73 Å². The van der Waals surface area contributed by atoms with Crippen LogP contribution in [-0.2, 0) is 4.79 Å². The largest absolute Gasteiger partial charge is 0.464 e. The van der Waals surface area contributed by atoms with Gasteiger partial charge in [0.1, 0.15) is 27.2 Å². The van der Waals surface area contributed by atoms with Gasteiger partial charge >= 0.3 is 0 Å². The Labute approximate surface area is 189 Å². The van der Waals surface area contributed by atoms with E-state index in [9.17, 15) is 18.4 Å². The van der Waals surface area contributed by atoms with E-state index in [1.807, 2.05) is 0 Å². The third-order valence-electron chi connectivity index (χ3n) is 4.90. The van der Waals surface area contributed by atoms with E-state index in [0.717, 1.165) is 11.3 Å². The van der Waals surface area contributed by atoms with Gasteiger partial charge in [-0.2, -0.15) is 5.10 Å². The number of nitrogens with zero attached hydrogens (tertiary/aromatic N) is 3. The number of nitrogens with two attached hydrogens (primary N) is 1. The molecule has 2 amide bonds. The Morgan fingerprint density at radius 2 is 2.12 bits per heavy atom. The lowest BCUT2D eigenvalue weighted by atomic mass is 10.1. The number of carbonyl (C=O) groups excluding carboxylic acids is 2. The molecule has 0 saturated heterocycles. The predicted octanol–water partition coefficient (Wildman–Crippen LogP) is 4.95. The summed E-state index contributed by atoms with van der Waals surface area (Å²) in [5, 5.41) is 7.47. The molecule has 3 N–H and O–H groups in total. The molecule has 0 aromatic carbocycles. The number of fused-ring (bicyclic) bond motifs is 1. The molecule has 4 heterocycles. The number of aromatic nitrogens is 3. The third kappa shape index (κ3) is 3.73. The third-order valence-corrected chi connectivity index (χ3v) is 6.36. The van der Waals surface area contributed by atoms with Crippen molar-refractivity contribution < 1.29 is 22.8 Å². The molecule has 0 aliphatic heterocycles. The molecule has 0 aliphatic rings. The van der Waals surface area contributed by atoms with Crippen LogP contribution in [0.25, 0.3) is 21.5 Å². The van der Waals surface area contributed by atoms with Gasteiger partial charge in [-0.1, -0.05) is 11.6 Å². The number of furan rings is 1. The Kier molecular flexibility index (Phi) is 5.70. The predicted molar refractivity (Wildman–Crippen MR) is 116 cm³/mol. The molecule has 0 aliphatic carbocycles. The van der Waals surface area contributed by atoms with Crippen LogP contribution in [0.15, 0.2) is 35.1 Å². The molecule has 4 aromatic rings. The summed E-state index contributed by atoms with van der Waals surface area (Å²) in [5.74, 6) is -1.08. The van der Waals surface area contributed by atoms with Crippen LogP contribution in [0.3, 0.4) is 0 Å². The summed E-state index contributed by atoms with van der Waals surface area (Å²) >= 11 is 6.84.